The van der Waals surface area contributed by atoms with E-state index in [-0.39, 0.29) is 40.3 Å². The number of allylic oxidation sites excluding steroid dienone is 1. The minimum atomic E-state index is -0.776. The molecule has 9 atom stereocenters. The van der Waals surface area contributed by atoms with Gasteiger partial charge in [-0.3, -0.25) is 0 Å². The molecule has 3 fully saturated rings. The maximum absolute atomic E-state index is 13.2. The minimum absolute atomic E-state index is 0.00790. The summed E-state index contributed by atoms with van der Waals surface area (Å²) in [5.41, 5.74) is -0.136. The standard InChI is InChI=1S/C31H50O4/c1-20(10-9-14-27(2,3)34)21-13-15-30(7)26-24(35-8)18-23-22(11-12-25(33)28(23,4)5)31(26,19-32)17-16-29(21,30)6/h9,14,18-22,24-26,33-34H,10-13,15-17H2,1-8H3/b14-9+/t20-,21-,22-,24+,25+,26+,29-,30+,31-/m1/s1. The highest BCUT2D eigenvalue weighted by Crippen LogP contribution is 2.74. The van der Waals surface area contributed by atoms with Crippen LogP contribution in [0.4, 0.5) is 0 Å². The van der Waals surface area contributed by atoms with Gasteiger partial charge < -0.3 is 19.7 Å². The molecule has 4 rings (SSSR count). The van der Waals surface area contributed by atoms with E-state index in [2.05, 4.69) is 46.8 Å². The molecule has 0 aliphatic heterocycles. The minimum Gasteiger partial charge on any atom is -0.392 e. The Labute approximate surface area is 213 Å². The number of fused-ring (bicyclic) bond motifs is 5. The van der Waals surface area contributed by atoms with E-state index < -0.39 is 11.0 Å². The first kappa shape index (κ1) is 27.1. The molecule has 198 valence electrons. The number of aliphatic hydroxyl groups excluding tert-OH is 1. The van der Waals surface area contributed by atoms with E-state index >= 15 is 0 Å². The SMILES string of the molecule is CO[C@H]1C=C2[C@@H](CC[C@H](O)C2(C)C)[C@]2(C=O)CC[C@]3(C)[C@@H]([C@H](C)C/C=C/C(C)(C)O)CC[C@@]3(C)[C@H]12. The molecule has 4 heteroatoms. The number of carbonyl (C=O) groups is 1. The molecule has 4 aliphatic carbocycles. The van der Waals surface area contributed by atoms with Crippen molar-refractivity contribution in [3.63, 3.8) is 0 Å². The lowest BCUT2D eigenvalue weighted by Gasteiger charge is -2.66. The third-order valence-electron chi connectivity index (χ3n) is 11.7. The normalized spacial score (nSPS) is 45.9. The van der Waals surface area contributed by atoms with Gasteiger partial charge in [0, 0.05) is 23.9 Å². The molecule has 3 saturated carbocycles. The second-order valence-corrected chi connectivity index (χ2v) is 14.1. The third-order valence-corrected chi connectivity index (χ3v) is 11.7. The number of carbonyl (C=O) groups excluding carboxylic acids is 1. The zero-order valence-corrected chi connectivity index (χ0v) is 23.4. The summed E-state index contributed by atoms with van der Waals surface area (Å²) in [4.78, 5) is 13.2. The van der Waals surface area contributed by atoms with Gasteiger partial charge in [-0.25, -0.2) is 0 Å². The van der Waals surface area contributed by atoms with Gasteiger partial charge in [0.25, 0.3) is 0 Å². The number of hydrogen-bond donors (Lipinski definition) is 2. The van der Waals surface area contributed by atoms with Crippen LogP contribution in [0.2, 0.25) is 0 Å². The van der Waals surface area contributed by atoms with Crippen molar-refractivity contribution in [2.45, 2.75) is 111 Å². The van der Waals surface area contributed by atoms with Gasteiger partial charge >= 0.3 is 0 Å². The van der Waals surface area contributed by atoms with Crippen molar-refractivity contribution in [2.75, 3.05) is 7.11 Å². The number of hydrogen-bond acceptors (Lipinski definition) is 4. The van der Waals surface area contributed by atoms with Crippen LogP contribution in [-0.2, 0) is 9.53 Å². The van der Waals surface area contributed by atoms with Crippen molar-refractivity contribution in [2.24, 2.45) is 45.3 Å². The molecule has 0 unspecified atom stereocenters. The fourth-order valence-corrected chi connectivity index (χ4v) is 9.46. The molecule has 4 nitrogen and oxygen atoms in total. The molecular formula is C31H50O4. The molecule has 35 heavy (non-hydrogen) atoms. The Bertz CT molecular complexity index is 881. The predicted octanol–water partition coefficient (Wildman–Crippen LogP) is 6.11. The van der Waals surface area contributed by atoms with Crippen LogP contribution < -0.4 is 0 Å². The molecule has 0 aromatic rings. The molecule has 4 aliphatic rings. The summed E-state index contributed by atoms with van der Waals surface area (Å²) >= 11 is 0. The summed E-state index contributed by atoms with van der Waals surface area (Å²) in [6.07, 6.45) is 14.1. The molecule has 0 bridgehead atoms. The van der Waals surface area contributed by atoms with Gasteiger partial charge in [0.05, 0.1) is 17.8 Å². The van der Waals surface area contributed by atoms with Crippen LogP contribution in [-0.4, -0.2) is 41.4 Å². The Morgan fingerprint density at radius 3 is 2.40 bits per heavy atom. The number of aliphatic hydroxyl groups is 2. The van der Waals surface area contributed by atoms with Gasteiger partial charge in [0.15, 0.2) is 0 Å². The Balaban J connectivity index is 1.73. The van der Waals surface area contributed by atoms with Crippen molar-refractivity contribution >= 4 is 6.29 Å². The van der Waals surface area contributed by atoms with Crippen LogP contribution >= 0.6 is 0 Å². The van der Waals surface area contributed by atoms with E-state index in [0.29, 0.717) is 11.8 Å². The Morgan fingerprint density at radius 1 is 1.11 bits per heavy atom. The number of rotatable bonds is 6. The van der Waals surface area contributed by atoms with Crippen LogP contribution in [0.1, 0.15) is 93.4 Å². The molecule has 0 aromatic carbocycles. The van der Waals surface area contributed by atoms with E-state index in [1.165, 1.54) is 18.3 Å². The molecule has 0 saturated heterocycles. The second kappa shape index (κ2) is 8.81. The summed E-state index contributed by atoms with van der Waals surface area (Å²) in [7, 11) is 1.80. The zero-order valence-electron chi connectivity index (χ0n) is 23.4. The van der Waals surface area contributed by atoms with Crippen LogP contribution in [0.3, 0.4) is 0 Å². The lowest BCUT2D eigenvalue weighted by atomic mass is 9.38. The van der Waals surface area contributed by atoms with Gasteiger partial charge in [0.2, 0.25) is 0 Å². The second-order valence-electron chi connectivity index (χ2n) is 14.1. The predicted molar refractivity (Wildman–Crippen MR) is 141 cm³/mol. The quantitative estimate of drug-likeness (QED) is 0.351. The molecule has 0 aromatic heterocycles. The Hall–Kier alpha value is -0.970. The van der Waals surface area contributed by atoms with Crippen LogP contribution in [0.25, 0.3) is 0 Å². The maximum atomic E-state index is 13.2. The van der Waals surface area contributed by atoms with Gasteiger partial charge in [-0.05, 0) is 87.4 Å². The smallest absolute Gasteiger partial charge is 0.127 e. The fourth-order valence-electron chi connectivity index (χ4n) is 9.46. The highest BCUT2D eigenvalue weighted by atomic mass is 16.5. The number of aldehydes is 1. The van der Waals surface area contributed by atoms with Crippen molar-refractivity contribution in [1.29, 1.82) is 0 Å². The summed E-state index contributed by atoms with van der Waals surface area (Å²) in [5.74, 6) is 1.45. The van der Waals surface area contributed by atoms with Crippen LogP contribution in [0.15, 0.2) is 23.8 Å². The lowest BCUT2D eigenvalue weighted by molar-refractivity contribution is -0.186. The average Bonchev–Trinajstić information content (AvgIpc) is 3.06. The molecule has 2 N–H and O–H groups in total. The van der Waals surface area contributed by atoms with Crippen molar-refractivity contribution < 1.29 is 19.7 Å². The van der Waals surface area contributed by atoms with E-state index in [9.17, 15) is 15.0 Å². The molecule has 0 heterocycles. The largest absolute Gasteiger partial charge is 0.392 e. The summed E-state index contributed by atoms with van der Waals surface area (Å²) < 4.78 is 6.23. The van der Waals surface area contributed by atoms with E-state index in [1.54, 1.807) is 7.11 Å². The third kappa shape index (κ3) is 3.92. The van der Waals surface area contributed by atoms with Crippen molar-refractivity contribution in [1.82, 2.24) is 0 Å². The molecule has 0 amide bonds. The summed E-state index contributed by atoms with van der Waals surface area (Å²) in [6.45, 7) is 15.3. The lowest BCUT2D eigenvalue weighted by Crippen LogP contribution is -2.64. The first-order valence-corrected chi connectivity index (χ1v) is 14.0. The van der Waals surface area contributed by atoms with Gasteiger partial charge in [-0.1, -0.05) is 58.4 Å². The maximum Gasteiger partial charge on any atom is 0.127 e. The summed E-state index contributed by atoms with van der Waals surface area (Å²) in [5, 5.41) is 21.0. The fraction of sp³-hybridized carbons (Fsp3) is 0.839. The monoisotopic (exact) mass is 486 g/mol. The van der Waals surface area contributed by atoms with Crippen molar-refractivity contribution in [3.8, 4) is 0 Å². The number of ether oxygens (including phenoxy) is 1. The topological polar surface area (TPSA) is 66.8 Å². The Kier molecular flexibility index (Phi) is 6.81. The molecule has 0 radical (unpaired) electrons. The van der Waals surface area contributed by atoms with Gasteiger partial charge in [-0.15, -0.1) is 0 Å². The molecule has 0 spiro atoms. The first-order chi connectivity index (χ1) is 16.2. The van der Waals surface area contributed by atoms with Gasteiger partial charge in [-0.2, -0.15) is 0 Å². The van der Waals surface area contributed by atoms with Gasteiger partial charge in [0.1, 0.15) is 6.29 Å². The average molecular weight is 487 g/mol. The highest BCUT2D eigenvalue weighted by Gasteiger charge is 2.70. The first-order valence-electron chi connectivity index (χ1n) is 14.0. The van der Waals surface area contributed by atoms with E-state index in [1.807, 2.05) is 19.9 Å². The van der Waals surface area contributed by atoms with E-state index in [4.69, 9.17) is 4.74 Å². The summed E-state index contributed by atoms with van der Waals surface area (Å²) in [6, 6.07) is 0. The number of methoxy groups -OCH3 is 1. The van der Waals surface area contributed by atoms with Crippen LogP contribution in [0.5, 0.6) is 0 Å². The Morgan fingerprint density at radius 2 is 1.80 bits per heavy atom. The zero-order chi connectivity index (χ0) is 26.0. The van der Waals surface area contributed by atoms with Crippen LogP contribution in [0, 0.1) is 45.3 Å². The van der Waals surface area contributed by atoms with Crippen molar-refractivity contribution in [3.05, 3.63) is 23.8 Å². The highest BCUT2D eigenvalue weighted by molar-refractivity contribution is 5.65. The molecular weight excluding hydrogens is 436 g/mol. The van der Waals surface area contributed by atoms with E-state index in [0.717, 1.165) is 38.5 Å².